The smallest absolute Gasteiger partial charge is 0.169 e. The van der Waals surface area contributed by atoms with E-state index in [-0.39, 0.29) is 0 Å². The Hall–Kier alpha value is -2.22. The number of benzene rings is 2. The van der Waals surface area contributed by atoms with Gasteiger partial charge in [-0.2, -0.15) is 0 Å². The van der Waals surface area contributed by atoms with Gasteiger partial charge in [0.2, 0.25) is 0 Å². The van der Waals surface area contributed by atoms with Gasteiger partial charge in [-0.15, -0.1) is 0 Å². The van der Waals surface area contributed by atoms with Gasteiger partial charge in [0.1, 0.15) is 0 Å². The third-order valence-corrected chi connectivity index (χ3v) is 2.23. The molecule has 0 N–H and O–H groups in total. The lowest BCUT2D eigenvalue weighted by Gasteiger charge is -2.08. The van der Waals surface area contributed by atoms with Crippen molar-refractivity contribution in [3.05, 3.63) is 62.1 Å². The van der Waals surface area contributed by atoms with Crippen LogP contribution in [0, 0.1) is 0 Å². The zero-order chi connectivity index (χ0) is 11.4. The van der Waals surface area contributed by atoms with Crippen LogP contribution in [0.3, 0.4) is 0 Å². The fourth-order valence-corrected chi connectivity index (χ4v) is 1.56. The molecule has 16 heavy (non-hydrogen) atoms. The van der Waals surface area contributed by atoms with Gasteiger partial charge in [0.25, 0.3) is 0 Å². The highest BCUT2D eigenvalue weighted by molar-refractivity contribution is 5.86. The molecule has 0 saturated carbocycles. The minimum Gasteiger partial charge on any atom is -0.462 e. The van der Waals surface area contributed by atoms with Crippen molar-refractivity contribution in [2.45, 2.75) is 0 Å². The number of fused-ring (bicyclic) bond motifs is 1. The highest BCUT2D eigenvalue weighted by Gasteiger charge is 2.05. The Balaban J connectivity index is 2.60. The van der Waals surface area contributed by atoms with E-state index in [0.29, 0.717) is 11.5 Å². The summed E-state index contributed by atoms with van der Waals surface area (Å²) >= 11 is 0. The Kier molecular flexibility index (Phi) is 2.92. The molecular weight excluding hydrogens is 200 g/mol. The number of hydrogen-bond donors (Lipinski definition) is 0. The molecule has 0 amide bonds. The predicted molar refractivity (Wildman–Crippen MR) is 65.6 cm³/mol. The van der Waals surface area contributed by atoms with Crippen molar-refractivity contribution in [3.8, 4) is 11.5 Å². The normalized spacial score (nSPS) is 9.75. The summed E-state index contributed by atoms with van der Waals surface area (Å²) in [5.74, 6) is 1.27. The quantitative estimate of drug-likeness (QED) is 0.716. The van der Waals surface area contributed by atoms with E-state index in [2.05, 4.69) is 13.2 Å². The molecule has 0 fully saturated rings. The van der Waals surface area contributed by atoms with Gasteiger partial charge in [-0.05, 0) is 22.9 Å². The van der Waals surface area contributed by atoms with Gasteiger partial charge in [0, 0.05) is 0 Å². The second-order valence-corrected chi connectivity index (χ2v) is 3.22. The zero-order valence-corrected chi connectivity index (χ0v) is 8.85. The molecule has 0 atom stereocenters. The Morgan fingerprint density at radius 3 is 1.62 bits per heavy atom. The number of hydrogen-bond acceptors (Lipinski definition) is 2. The minimum atomic E-state index is 0.633. The van der Waals surface area contributed by atoms with E-state index in [1.807, 2.05) is 36.4 Å². The van der Waals surface area contributed by atoms with E-state index in [0.717, 1.165) is 10.8 Å². The minimum absolute atomic E-state index is 0.633. The van der Waals surface area contributed by atoms with E-state index >= 15 is 0 Å². The highest BCUT2D eigenvalue weighted by Crippen LogP contribution is 2.32. The molecule has 2 heteroatoms. The van der Waals surface area contributed by atoms with Crippen LogP contribution in [0.4, 0.5) is 0 Å². The summed E-state index contributed by atoms with van der Waals surface area (Å²) in [5.41, 5.74) is 0. The molecule has 0 aliphatic heterocycles. The maximum Gasteiger partial charge on any atom is 0.169 e. The lowest BCUT2D eigenvalue weighted by atomic mass is 10.1. The first-order valence-electron chi connectivity index (χ1n) is 4.93. The number of rotatable bonds is 4. The third-order valence-electron chi connectivity index (χ3n) is 2.23. The van der Waals surface area contributed by atoms with Gasteiger partial charge in [-0.3, -0.25) is 0 Å². The van der Waals surface area contributed by atoms with Crippen LogP contribution in [0.25, 0.3) is 10.8 Å². The first-order valence-corrected chi connectivity index (χ1v) is 4.93. The zero-order valence-electron chi connectivity index (χ0n) is 8.85. The predicted octanol–water partition coefficient (Wildman–Crippen LogP) is 3.88. The average molecular weight is 212 g/mol. The van der Waals surface area contributed by atoms with Crippen LogP contribution in [-0.4, -0.2) is 0 Å². The third kappa shape index (κ3) is 1.91. The van der Waals surface area contributed by atoms with Crippen LogP contribution in [-0.2, 0) is 0 Å². The Morgan fingerprint density at radius 2 is 1.25 bits per heavy atom. The molecule has 80 valence electrons. The molecule has 2 aromatic carbocycles. The Labute approximate surface area is 94.4 Å². The maximum atomic E-state index is 5.29. The summed E-state index contributed by atoms with van der Waals surface area (Å²) in [6.07, 6.45) is 2.75. The molecule has 0 radical (unpaired) electrons. The molecule has 2 nitrogen and oxygen atoms in total. The van der Waals surface area contributed by atoms with Crippen molar-refractivity contribution in [1.82, 2.24) is 0 Å². The van der Waals surface area contributed by atoms with Crippen LogP contribution < -0.4 is 9.47 Å². The first kappa shape index (κ1) is 10.3. The van der Waals surface area contributed by atoms with Gasteiger partial charge >= 0.3 is 0 Å². The van der Waals surface area contributed by atoms with Crippen molar-refractivity contribution in [1.29, 1.82) is 0 Å². The summed E-state index contributed by atoms with van der Waals surface area (Å²) in [7, 11) is 0. The van der Waals surface area contributed by atoms with Crippen molar-refractivity contribution < 1.29 is 9.47 Å². The fourth-order valence-electron chi connectivity index (χ4n) is 1.56. The first-order chi connectivity index (χ1) is 7.85. The summed E-state index contributed by atoms with van der Waals surface area (Å²) in [6.45, 7) is 7.07. The van der Waals surface area contributed by atoms with E-state index in [1.165, 1.54) is 12.5 Å². The average Bonchev–Trinajstić information content (AvgIpc) is 2.30. The second-order valence-electron chi connectivity index (χ2n) is 3.22. The highest BCUT2D eigenvalue weighted by atomic mass is 16.5. The standard InChI is InChI=1S/C14H12O2/c1-3-15-13-9-11-7-5-6-8-12(11)10-14(13)16-4-2/h3-10H,1-2H2. The SMILES string of the molecule is C=COc1cc2ccccc2cc1OC=C. The number of ether oxygens (including phenoxy) is 2. The van der Waals surface area contributed by atoms with Crippen LogP contribution in [0.1, 0.15) is 0 Å². The fraction of sp³-hybridized carbons (Fsp3) is 0. The second kappa shape index (κ2) is 4.53. The van der Waals surface area contributed by atoms with Crippen molar-refractivity contribution in [2.24, 2.45) is 0 Å². The summed E-state index contributed by atoms with van der Waals surface area (Å²) < 4.78 is 10.6. The molecule has 0 aliphatic rings. The maximum absolute atomic E-state index is 5.29. The molecule has 0 saturated heterocycles. The van der Waals surface area contributed by atoms with Gasteiger partial charge < -0.3 is 9.47 Å². The summed E-state index contributed by atoms with van der Waals surface area (Å²) in [6, 6.07) is 11.8. The molecule has 0 aromatic heterocycles. The van der Waals surface area contributed by atoms with E-state index in [1.54, 1.807) is 0 Å². The molecule has 0 unspecified atom stereocenters. The molecule has 0 bridgehead atoms. The van der Waals surface area contributed by atoms with Gasteiger partial charge in [-0.1, -0.05) is 37.4 Å². The van der Waals surface area contributed by atoms with E-state index in [9.17, 15) is 0 Å². The lowest BCUT2D eigenvalue weighted by molar-refractivity contribution is 0.420. The molecule has 2 rings (SSSR count). The molecule has 0 spiro atoms. The Morgan fingerprint density at radius 1 is 0.812 bits per heavy atom. The van der Waals surface area contributed by atoms with Crippen molar-refractivity contribution in [3.63, 3.8) is 0 Å². The van der Waals surface area contributed by atoms with Gasteiger partial charge in [0.05, 0.1) is 12.5 Å². The monoisotopic (exact) mass is 212 g/mol. The molecule has 0 aliphatic carbocycles. The van der Waals surface area contributed by atoms with Crippen LogP contribution in [0.15, 0.2) is 62.1 Å². The molecule has 2 aromatic rings. The van der Waals surface area contributed by atoms with Crippen molar-refractivity contribution in [2.75, 3.05) is 0 Å². The van der Waals surface area contributed by atoms with Crippen LogP contribution >= 0.6 is 0 Å². The largest absolute Gasteiger partial charge is 0.462 e. The van der Waals surface area contributed by atoms with Crippen LogP contribution in [0.2, 0.25) is 0 Å². The summed E-state index contributed by atoms with van der Waals surface area (Å²) in [4.78, 5) is 0. The van der Waals surface area contributed by atoms with Gasteiger partial charge in [0.15, 0.2) is 11.5 Å². The van der Waals surface area contributed by atoms with E-state index < -0.39 is 0 Å². The van der Waals surface area contributed by atoms with E-state index in [4.69, 9.17) is 9.47 Å². The topological polar surface area (TPSA) is 18.5 Å². The van der Waals surface area contributed by atoms with Gasteiger partial charge in [-0.25, -0.2) is 0 Å². The summed E-state index contributed by atoms with van der Waals surface area (Å²) in [5, 5.41) is 2.19. The molecular formula is C14H12O2. The van der Waals surface area contributed by atoms with Crippen molar-refractivity contribution >= 4 is 10.8 Å². The van der Waals surface area contributed by atoms with Crippen LogP contribution in [0.5, 0.6) is 11.5 Å². The molecule has 0 heterocycles. The Bertz CT molecular complexity index is 481. The lowest BCUT2D eigenvalue weighted by Crippen LogP contribution is -1.88.